The van der Waals surface area contributed by atoms with E-state index in [1.807, 2.05) is 0 Å². The van der Waals surface area contributed by atoms with E-state index in [2.05, 4.69) is 22.7 Å². The molecule has 1 saturated carbocycles. The number of fused-ring (bicyclic) bond motifs is 1. The van der Waals surface area contributed by atoms with E-state index in [0.29, 0.717) is 11.8 Å². The average molecular weight is 285 g/mol. The third-order valence-electron chi connectivity index (χ3n) is 4.00. The largest absolute Gasteiger partial charge is 0.273 e. The molecule has 0 radical (unpaired) electrons. The van der Waals surface area contributed by atoms with E-state index in [9.17, 15) is 14.9 Å². The van der Waals surface area contributed by atoms with Crippen LogP contribution in [0, 0.1) is 22.0 Å². The number of non-ortho nitro benzene ring substituents is 1. The molecule has 1 fully saturated rings. The molecular formula is C15H15N3O3. The van der Waals surface area contributed by atoms with Crippen LogP contribution in [0.2, 0.25) is 0 Å². The normalized spacial score (nSPS) is 24.5. The molecule has 0 spiro atoms. The fraction of sp³-hybridized carbons (Fsp3) is 0.333. The molecule has 1 N–H and O–H groups in total. The summed E-state index contributed by atoms with van der Waals surface area (Å²) >= 11 is 0. The van der Waals surface area contributed by atoms with Crippen molar-refractivity contribution < 1.29 is 9.72 Å². The van der Waals surface area contributed by atoms with Crippen LogP contribution in [0.4, 0.5) is 5.69 Å². The van der Waals surface area contributed by atoms with Gasteiger partial charge in [-0.2, -0.15) is 5.10 Å². The lowest BCUT2D eigenvalue weighted by Gasteiger charge is -2.31. The number of hydrogen-bond acceptors (Lipinski definition) is 4. The van der Waals surface area contributed by atoms with Crippen molar-refractivity contribution in [3.8, 4) is 0 Å². The van der Waals surface area contributed by atoms with Crippen LogP contribution in [-0.4, -0.2) is 16.5 Å². The number of rotatable bonds is 4. The van der Waals surface area contributed by atoms with Gasteiger partial charge in [-0.1, -0.05) is 24.3 Å². The molecule has 21 heavy (non-hydrogen) atoms. The number of carbonyl (C=O) groups is 1. The van der Waals surface area contributed by atoms with Gasteiger partial charge in [-0.15, -0.1) is 0 Å². The van der Waals surface area contributed by atoms with Crippen LogP contribution >= 0.6 is 0 Å². The molecule has 108 valence electrons. The van der Waals surface area contributed by atoms with Crippen molar-refractivity contribution in [1.82, 2.24) is 5.43 Å². The number of allylic oxidation sites excluding steroid dienone is 2. The Morgan fingerprint density at radius 2 is 2.14 bits per heavy atom. The van der Waals surface area contributed by atoms with E-state index in [0.717, 1.165) is 24.1 Å². The Balaban J connectivity index is 1.52. The molecule has 0 aromatic heterocycles. The molecule has 2 aliphatic carbocycles. The lowest BCUT2D eigenvalue weighted by Crippen LogP contribution is -2.35. The maximum Gasteiger partial charge on any atom is 0.269 e. The van der Waals surface area contributed by atoms with Crippen molar-refractivity contribution in [1.29, 1.82) is 0 Å². The lowest BCUT2D eigenvalue weighted by atomic mass is 9.74. The highest BCUT2D eigenvalue weighted by atomic mass is 16.6. The van der Waals surface area contributed by atoms with E-state index in [-0.39, 0.29) is 18.0 Å². The Morgan fingerprint density at radius 3 is 2.81 bits per heavy atom. The first-order valence-electron chi connectivity index (χ1n) is 6.89. The standard InChI is InChI=1S/C15H15N3O3/c19-15(8-10-4-6-12(7-5-10)18(20)21)17-16-14-9-11-2-1-3-13(11)14/h1-2,4-7,11,13H,3,8-9H2,(H,17,19)/b16-14+/t11-,13-/m0/s1. The van der Waals surface area contributed by atoms with Crippen molar-refractivity contribution in [2.45, 2.75) is 19.3 Å². The molecule has 0 unspecified atom stereocenters. The number of nitrogens with zero attached hydrogens (tertiary/aromatic N) is 2. The highest BCUT2D eigenvalue weighted by molar-refractivity contribution is 5.95. The monoisotopic (exact) mass is 285 g/mol. The SMILES string of the molecule is O=C(Cc1ccc([N+](=O)[O-])cc1)N/N=C1\C[C@@H]2C=CC[C@H]12. The number of amides is 1. The molecule has 6 nitrogen and oxygen atoms in total. The van der Waals surface area contributed by atoms with E-state index in [1.54, 1.807) is 12.1 Å². The van der Waals surface area contributed by atoms with Gasteiger partial charge in [0.25, 0.3) is 5.69 Å². The van der Waals surface area contributed by atoms with Crippen LogP contribution in [0.3, 0.4) is 0 Å². The van der Waals surface area contributed by atoms with Gasteiger partial charge in [0.1, 0.15) is 0 Å². The maximum absolute atomic E-state index is 11.8. The number of carbonyl (C=O) groups excluding carboxylic acids is 1. The smallest absolute Gasteiger partial charge is 0.269 e. The molecule has 0 saturated heterocycles. The van der Waals surface area contributed by atoms with Gasteiger partial charge in [-0.3, -0.25) is 14.9 Å². The number of hydrazone groups is 1. The lowest BCUT2D eigenvalue weighted by molar-refractivity contribution is -0.384. The summed E-state index contributed by atoms with van der Waals surface area (Å²) in [5.41, 5.74) is 4.38. The third-order valence-corrected chi connectivity index (χ3v) is 4.00. The Morgan fingerprint density at radius 1 is 1.38 bits per heavy atom. The minimum Gasteiger partial charge on any atom is -0.273 e. The highest BCUT2D eigenvalue weighted by Gasteiger charge is 2.37. The summed E-state index contributed by atoms with van der Waals surface area (Å²) < 4.78 is 0. The Bertz CT molecular complexity index is 634. The second-order valence-electron chi connectivity index (χ2n) is 5.38. The molecular weight excluding hydrogens is 270 g/mol. The second-order valence-corrected chi connectivity index (χ2v) is 5.38. The van der Waals surface area contributed by atoms with Crippen LogP contribution in [-0.2, 0) is 11.2 Å². The van der Waals surface area contributed by atoms with Gasteiger partial charge in [0.15, 0.2) is 0 Å². The summed E-state index contributed by atoms with van der Waals surface area (Å²) in [6.07, 6.45) is 6.49. The molecule has 1 amide bonds. The molecule has 1 aromatic carbocycles. The van der Waals surface area contributed by atoms with Crippen LogP contribution < -0.4 is 5.43 Å². The molecule has 0 bridgehead atoms. The summed E-state index contributed by atoms with van der Waals surface area (Å²) in [4.78, 5) is 21.9. The first-order valence-corrected chi connectivity index (χ1v) is 6.89. The number of nitro groups is 1. The molecule has 0 aliphatic heterocycles. The van der Waals surface area contributed by atoms with Crippen LogP contribution in [0.15, 0.2) is 41.5 Å². The van der Waals surface area contributed by atoms with Crippen LogP contribution in [0.5, 0.6) is 0 Å². The van der Waals surface area contributed by atoms with E-state index < -0.39 is 4.92 Å². The first-order chi connectivity index (χ1) is 10.1. The van der Waals surface area contributed by atoms with Gasteiger partial charge in [0.2, 0.25) is 5.91 Å². The second kappa shape index (κ2) is 5.47. The Labute approximate surface area is 121 Å². The Hall–Kier alpha value is -2.50. The van der Waals surface area contributed by atoms with Crippen molar-refractivity contribution in [3.63, 3.8) is 0 Å². The molecule has 0 heterocycles. The minimum atomic E-state index is -0.460. The number of benzene rings is 1. The highest BCUT2D eigenvalue weighted by Crippen LogP contribution is 2.40. The van der Waals surface area contributed by atoms with Gasteiger partial charge in [-0.05, 0) is 24.3 Å². The van der Waals surface area contributed by atoms with E-state index in [4.69, 9.17) is 0 Å². The summed E-state index contributed by atoms with van der Waals surface area (Å²) in [6, 6.07) is 5.97. The average Bonchev–Trinajstić information content (AvgIpc) is 2.81. The van der Waals surface area contributed by atoms with Crippen LogP contribution in [0.1, 0.15) is 18.4 Å². The fourth-order valence-corrected chi connectivity index (χ4v) is 2.76. The van der Waals surface area contributed by atoms with Crippen molar-refractivity contribution in [2.24, 2.45) is 16.9 Å². The van der Waals surface area contributed by atoms with Gasteiger partial charge >= 0.3 is 0 Å². The Kier molecular flexibility index (Phi) is 3.51. The minimum absolute atomic E-state index is 0.0219. The molecule has 2 atom stereocenters. The van der Waals surface area contributed by atoms with Gasteiger partial charge < -0.3 is 0 Å². The molecule has 3 rings (SSSR count). The summed E-state index contributed by atoms with van der Waals surface area (Å²) in [7, 11) is 0. The first kappa shape index (κ1) is 13.5. The van der Waals surface area contributed by atoms with Crippen molar-refractivity contribution in [2.75, 3.05) is 0 Å². The fourth-order valence-electron chi connectivity index (χ4n) is 2.76. The molecule has 2 aliphatic rings. The van der Waals surface area contributed by atoms with E-state index in [1.165, 1.54) is 12.1 Å². The zero-order valence-electron chi connectivity index (χ0n) is 11.4. The third kappa shape index (κ3) is 2.84. The van der Waals surface area contributed by atoms with Gasteiger partial charge in [-0.25, -0.2) is 5.43 Å². The van der Waals surface area contributed by atoms with Gasteiger partial charge in [0.05, 0.1) is 11.3 Å². The quantitative estimate of drug-likeness (QED) is 0.523. The maximum atomic E-state index is 11.8. The summed E-state index contributed by atoms with van der Waals surface area (Å²) in [6.45, 7) is 0. The molecule has 6 heteroatoms. The predicted octanol–water partition coefficient (Wildman–Crippen LogP) is 2.21. The number of nitro benzene ring substituents is 1. The zero-order valence-corrected chi connectivity index (χ0v) is 11.4. The number of hydrogen-bond donors (Lipinski definition) is 1. The number of nitrogens with one attached hydrogen (secondary N) is 1. The molecule has 1 aromatic rings. The van der Waals surface area contributed by atoms with Crippen LogP contribution in [0.25, 0.3) is 0 Å². The summed E-state index contributed by atoms with van der Waals surface area (Å²) in [5, 5.41) is 14.7. The topological polar surface area (TPSA) is 84.6 Å². The van der Waals surface area contributed by atoms with Gasteiger partial charge in [0, 0.05) is 23.8 Å². The van der Waals surface area contributed by atoms with E-state index >= 15 is 0 Å². The predicted molar refractivity (Wildman–Crippen MR) is 77.7 cm³/mol. The zero-order chi connectivity index (χ0) is 14.8. The van der Waals surface area contributed by atoms with Crippen molar-refractivity contribution >= 4 is 17.3 Å². The van der Waals surface area contributed by atoms with Crippen molar-refractivity contribution in [3.05, 3.63) is 52.1 Å². The summed E-state index contributed by atoms with van der Waals surface area (Å²) in [5.74, 6) is 0.880.